The van der Waals surface area contributed by atoms with Gasteiger partial charge in [0.2, 0.25) is 0 Å². The van der Waals surface area contributed by atoms with Crippen molar-refractivity contribution in [2.75, 3.05) is 11.9 Å². The summed E-state index contributed by atoms with van der Waals surface area (Å²) in [7, 11) is 0. The molecule has 0 saturated heterocycles. The maximum Gasteiger partial charge on any atom is 0.412 e. The number of esters is 1. The van der Waals surface area contributed by atoms with E-state index in [2.05, 4.69) is 10.3 Å². The van der Waals surface area contributed by atoms with Gasteiger partial charge in [0, 0.05) is 12.4 Å². The third-order valence-electron chi connectivity index (χ3n) is 3.90. The van der Waals surface area contributed by atoms with E-state index in [1.54, 1.807) is 13.0 Å². The van der Waals surface area contributed by atoms with Gasteiger partial charge in [-0.2, -0.15) is 0 Å². The average Bonchev–Trinajstić information content (AvgIpc) is 2.75. The molecule has 0 spiro atoms. The van der Waals surface area contributed by atoms with E-state index in [0.717, 1.165) is 5.56 Å². The highest BCUT2D eigenvalue weighted by Gasteiger charge is 2.12. The Morgan fingerprint density at radius 1 is 1.03 bits per heavy atom. The van der Waals surface area contributed by atoms with Gasteiger partial charge in [-0.1, -0.05) is 30.3 Å². The smallest absolute Gasteiger partial charge is 0.412 e. The molecule has 1 amide bonds. The van der Waals surface area contributed by atoms with E-state index in [1.165, 1.54) is 35.2 Å². The number of benzene rings is 1. The Labute approximate surface area is 166 Å². The van der Waals surface area contributed by atoms with Crippen LogP contribution in [0.1, 0.15) is 22.8 Å². The Kier molecular flexibility index (Phi) is 6.36. The second-order valence-electron chi connectivity index (χ2n) is 5.91. The molecule has 0 fully saturated rings. The van der Waals surface area contributed by atoms with Crippen molar-refractivity contribution in [3.05, 3.63) is 88.5 Å². The summed E-state index contributed by atoms with van der Waals surface area (Å²) in [5, 5.41) is 2.44. The zero-order valence-electron chi connectivity index (χ0n) is 15.7. The van der Waals surface area contributed by atoms with E-state index < -0.39 is 17.6 Å². The Balaban J connectivity index is 1.71. The van der Waals surface area contributed by atoms with Gasteiger partial charge in [-0.05, 0) is 36.8 Å². The van der Waals surface area contributed by atoms with Crippen molar-refractivity contribution < 1.29 is 19.1 Å². The molecule has 0 unspecified atom stereocenters. The first-order valence-corrected chi connectivity index (χ1v) is 8.91. The summed E-state index contributed by atoms with van der Waals surface area (Å²) in [5.74, 6) is -0.195. The van der Waals surface area contributed by atoms with E-state index in [1.807, 2.05) is 30.3 Å². The number of ether oxygens (including phenoxy) is 2. The van der Waals surface area contributed by atoms with Crippen LogP contribution in [0.15, 0.2) is 71.8 Å². The largest absolute Gasteiger partial charge is 0.462 e. The van der Waals surface area contributed by atoms with E-state index >= 15 is 0 Å². The third kappa shape index (κ3) is 5.07. The number of anilines is 1. The van der Waals surface area contributed by atoms with E-state index in [0.29, 0.717) is 5.82 Å². The molecule has 1 N–H and O–H groups in total. The molecule has 0 bridgehead atoms. The summed E-state index contributed by atoms with van der Waals surface area (Å²) in [6, 6.07) is 15.3. The Bertz CT molecular complexity index is 1050. The van der Waals surface area contributed by atoms with Crippen LogP contribution >= 0.6 is 0 Å². The lowest BCUT2D eigenvalue weighted by molar-refractivity contribution is 0.0526. The number of amides is 1. The van der Waals surface area contributed by atoms with Gasteiger partial charge in [0.1, 0.15) is 18.1 Å². The normalized spacial score (nSPS) is 10.2. The van der Waals surface area contributed by atoms with Gasteiger partial charge < -0.3 is 9.47 Å². The first-order valence-electron chi connectivity index (χ1n) is 8.91. The van der Waals surface area contributed by atoms with Gasteiger partial charge in [0.25, 0.3) is 5.56 Å². The number of carbonyl (C=O) groups excluding carboxylic acids is 2. The molecule has 29 heavy (non-hydrogen) atoms. The van der Waals surface area contributed by atoms with E-state index in [9.17, 15) is 14.4 Å². The molecule has 8 nitrogen and oxygen atoms in total. The van der Waals surface area contributed by atoms with Crippen molar-refractivity contribution >= 4 is 17.7 Å². The summed E-state index contributed by atoms with van der Waals surface area (Å²) in [4.78, 5) is 40.5. The Hall–Kier alpha value is -3.94. The number of aromatic nitrogens is 2. The van der Waals surface area contributed by atoms with Gasteiger partial charge in [-0.3, -0.25) is 14.7 Å². The van der Waals surface area contributed by atoms with Crippen molar-refractivity contribution in [2.45, 2.75) is 13.5 Å². The van der Waals surface area contributed by atoms with Crippen LogP contribution in [0.2, 0.25) is 0 Å². The first kappa shape index (κ1) is 19.8. The molecule has 0 aliphatic heterocycles. The monoisotopic (exact) mass is 393 g/mol. The minimum Gasteiger partial charge on any atom is -0.462 e. The third-order valence-corrected chi connectivity index (χ3v) is 3.90. The number of pyridine rings is 2. The minimum absolute atomic E-state index is 0.0434. The molecule has 2 heterocycles. The standard InChI is InChI=1S/C21H19N3O5/c1-2-28-20(26)16-10-11-18(22-13-16)24-12-6-9-17(19(24)25)23-21(27)29-14-15-7-4-3-5-8-15/h3-13H,2,14H2,1H3,(H,23,27). The molecule has 3 aromatic rings. The van der Waals surface area contributed by atoms with Crippen molar-refractivity contribution in [1.82, 2.24) is 9.55 Å². The number of nitrogens with zero attached hydrogens (tertiary/aromatic N) is 2. The van der Waals surface area contributed by atoms with Crippen LogP contribution in [0.4, 0.5) is 10.5 Å². The molecule has 0 radical (unpaired) electrons. The lowest BCUT2D eigenvalue weighted by Gasteiger charge is -2.10. The number of hydrogen-bond donors (Lipinski definition) is 1. The second-order valence-corrected chi connectivity index (χ2v) is 5.91. The van der Waals surface area contributed by atoms with Crippen molar-refractivity contribution in [2.24, 2.45) is 0 Å². The van der Waals surface area contributed by atoms with Crippen LogP contribution in [0, 0.1) is 0 Å². The lowest BCUT2D eigenvalue weighted by Crippen LogP contribution is -2.25. The molecule has 0 saturated carbocycles. The molecule has 0 aliphatic rings. The highest BCUT2D eigenvalue weighted by molar-refractivity contribution is 5.89. The van der Waals surface area contributed by atoms with Gasteiger partial charge in [0.05, 0.1) is 12.2 Å². The molecular weight excluding hydrogens is 374 g/mol. The zero-order valence-corrected chi connectivity index (χ0v) is 15.7. The predicted molar refractivity (Wildman–Crippen MR) is 106 cm³/mol. The summed E-state index contributed by atoms with van der Waals surface area (Å²) in [5.41, 5.74) is 0.670. The van der Waals surface area contributed by atoms with Gasteiger partial charge in [-0.25, -0.2) is 14.6 Å². The maximum atomic E-state index is 12.7. The Morgan fingerprint density at radius 3 is 2.52 bits per heavy atom. The molecule has 3 rings (SSSR count). The fraction of sp³-hybridized carbons (Fsp3) is 0.143. The SMILES string of the molecule is CCOC(=O)c1ccc(-n2cccc(NC(=O)OCc3ccccc3)c2=O)nc1. The topological polar surface area (TPSA) is 99.5 Å². The van der Waals surface area contributed by atoms with Crippen LogP contribution in [0.5, 0.6) is 0 Å². The van der Waals surface area contributed by atoms with Crippen LogP contribution in [0.3, 0.4) is 0 Å². The summed E-state index contributed by atoms with van der Waals surface area (Å²) in [6.07, 6.45) is 2.10. The van der Waals surface area contributed by atoms with Crippen LogP contribution in [-0.2, 0) is 16.1 Å². The number of hydrogen-bond acceptors (Lipinski definition) is 6. The van der Waals surface area contributed by atoms with Crippen LogP contribution in [-0.4, -0.2) is 28.2 Å². The van der Waals surface area contributed by atoms with Gasteiger partial charge >= 0.3 is 12.1 Å². The highest BCUT2D eigenvalue weighted by Crippen LogP contribution is 2.08. The Morgan fingerprint density at radius 2 is 1.83 bits per heavy atom. The molecule has 8 heteroatoms. The zero-order chi connectivity index (χ0) is 20.6. The quantitative estimate of drug-likeness (QED) is 0.646. The number of rotatable bonds is 6. The van der Waals surface area contributed by atoms with Gasteiger partial charge in [0.15, 0.2) is 0 Å². The molecule has 0 aliphatic carbocycles. The van der Waals surface area contributed by atoms with Crippen LogP contribution in [0.25, 0.3) is 5.82 Å². The van der Waals surface area contributed by atoms with Gasteiger partial charge in [-0.15, -0.1) is 0 Å². The average molecular weight is 393 g/mol. The van der Waals surface area contributed by atoms with E-state index in [4.69, 9.17) is 9.47 Å². The summed E-state index contributed by atoms with van der Waals surface area (Å²) >= 11 is 0. The molecule has 148 valence electrons. The van der Waals surface area contributed by atoms with E-state index in [-0.39, 0.29) is 24.5 Å². The van der Waals surface area contributed by atoms with Crippen LogP contribution < -0.4 is 10.9 Å². The molecule has 0 atom stereocenters. The van der Waals surface area contributed by atoms with Crippen molar-refractivity contribution in [1.29, 1.82) is 0 Å². The van der Waals surface area contributed by atoms with Crippen molar-refractivity contribution in [3.8, 4) is 5.82 Å². The molecule has 1 aromatic carbocycles. The highest BCUT2D eigenvalue weighted by atomic mass is 16.5. The summed E-state index contributed by atoms with van der Waals surface area (Å²) in [6.45, 7) is 2.06. The molecular formula is C21H19N3O5. The second kappa shape index (κ2) is 9.32. The predicted octanol–water partition coefficient (Wildman–Crippen LogP) is 3.16. The lowest BCUT2D eigenvalue weighted by atomic mass is 10.2. The minimum atomic E-state index is -0.741. The fourth-order valence-corrected chi connectivity index (χ4v) is 2.50. The number of nitrogens with one attached hydrogen (secondary N) is 1. The molecule has 2 aromatic heterocycles. The first-order chi connectivity index (χ1) is 14.1. The maximum absolute atomic E-state index is 12.7. The summed E-state index contributed by atoms with van der Waals surface area (Å²) < 4.78 is 11.3. The number of carbonyl (C=O) groups is 2. The fourth-order valence-electron chi connectivity index (χ4n) is 2.50. The van der Waals surface area contributed by atoms with Crippen molar-refractivity contribution in [3.63, 3.8) is 0 Å².